The maximum absolute atomic E-state index is 10.3. The summed E-state index contributed by atoms with van der Waals surface area (Å²) in [7, 11) is 0. The summed E-state index contributed by atoms with van der Waals surface area (Å²) in [6.45, 7) is 6.89. The second kappa shape index (κ2) is 6.15. The molecule has 0 bridgehead atoms. The van der Waals surface area contributed by atoms with E-state index in [0.717, 1.165) is 39.5 Å². The molecule has 2 aromatic heterocycles. The van der Waals surface area contributed by atoms with E-state index < -0.39 is 6.10 Å². The molecule has 2 aromatic rings. The predicted molar refractivity (Wildman–Crippen MR) is 80.5 cm³/mol. The van der Waals surface area contributed by atoms with Gasteiger partial charge in [-0.05, 0) is 36.2 Å². The van der Waals surface area contributed by atoms with Crippen molar-refractivity contribution in [2.45, 2.75) is 46.3 Å². The first-order valence-electron chi connectivity index (χ1n) is 6.40. The summed E-state index contributed by atoms with van der Waals surface area (Å²) in [5.41, 5.74) is 2.83. The second-order valence-corrected chi connectivity index (χ2v) is 6.24. The van der Waals surface area contributed by atoms with Gasteiger partial charge in [-0.3, -0.25) is 4.68 Å². The molecule has 0 amide bonds. The fourth-order valence-electron chi connectivity index (χ4n) is 2.03. The summed E-state index contributed by atoms with van der Waals surface area (Å²) in [5, 5.41) is 17.7. The van der Waals surface area contributed by atoms with Gasteiger partial charge in [-0.1, -0.05) is 6.92 Å². The van der Waals surface area contributed by atoms with E-state index in [4.69, 9.17) is 0 Å². The molecule has 2 rings (SSSR count). The summed E-state index contributed by atoms with van der Waals surface area (Å²) in [4.78, 5) is 4.34. The number of rotatable bonds is 5. The zero-order chi connectivity index (χ0) is 14.0. The number of nitrogens with zero attached hydrogens (tertiary/aromatic N) is 3. The van der Waals surface area contributed by atoms with Gasteiger partial charge in [-0.25, -0.2) is 4.98 Å². The molecular weight excluding hydrogens is 326 g/mol. The van der Waals surface area contributed by atoms with E-state index in [1.165, 1.54) is 0 Å². The minimum atomic E-state index is -0.576. The van der Waals surface area contributed by atoms with Crippen molar-refractivity contribution in [1.29, 1.82) is 0 Å². The first-order chi connectivity index (χ1) is 9.06. The highest BCUT2D eigenvalue weighted by molar-refractivity contribution is 9.10. The van der Waals surface area contributed by atoms with Crippen LogP contribution in [0.4, 0.5) is 0 Å². The van der Waals surface area contributed by atoms with Crippen molar-refractivity contribution in [3.63, 3.8) is 0 Å². The highest BCUT2D eigenvalue weighted by Gasteiger charge is 2.19. The maximum atomic E-state index is 10.3. The molecule has 1 N–H and O–H groups in total. The van der Waals surface area contributed by atoms with Crippen molar-refractivity contribution in [3.05, 3.63) is 31.9 Å². The number of hydrogen-bond acceptors (Lipinski definition) is 4. The zero-order valence-corrected chi connectivity index (χ0v) is 13.8. The molecule has 1 atom stereocenters. The Bertz CT molecular complexity index is 564. The molecule has 1 unspecified atom stereocenters. The van der Waals surface area contributed by atoms with Crippen LogP contribution in [-0.4, -0.2) is 19.9 Å². The Kier molecular flexibility index (Phi) is 4.76. The topological polar surface area (TPSA) is 50.9 Å². The van der Waals surface area contributed by atoms with Gasteiger partial charge in [0.1, 0.15) is 6.10 Å². The molecule has 0 spiro atoms. The Labute approximate surface area is 125 Å². The fraction of sp³-hybridized carbons (Fsp3) is 0.538. The van der Waals surface area contributed by atoms with Crippen LogP contribution in [0.1, 0.15) is 42.0 Å². The van der Waals surface area contributed by atoms with Crippen LogP contribution in [0.3, 0.4) is 0 Å². The maximum Gasteiger partial charge on any atom is 0.102 e. The van der Waals surface area contributed by atoms with Gasteiger partial charge in [0.25, 0.3) is 0 Å². The molecule has 0 radical (unpaired) electrons. The molecule has 2 heterocycles. The summed E-state index contributed by atoms with van der Waals surface area (Å²) < 4.78 is 2.97. The molecule has 0 aliphatic carbocycles. The summed E-state index contributed by atoms with van der Waals surface area (Å²) in [6, 6.07) is 0. The van der Waals surface area contributed by atoms with E-state index in [2.05, 4.69) is 39.9 Å². The summed E-state index contributed by atoms with van der Waals surface area (Å²) >= 11 is 5.16. The van der Waals surface area contributed by atoms with Crippen molar-refractivity contribution >= 4 is 27.3 Å². The molecule has 4 nitrogen and oxygen atoms in total. The third-order valence-electron chi connectivity index (χ3n) is 3.06. The molecule has 0 fully saturated rings. The standard InChI is InChI=1S/C13H18BrN3OS/c1-4-9-13(14)11(17(5-2)16-9)6-12(18)10-7-19-8(3)15-10/h7,12,18H,4-6H2,1-3H3. The molecule has 6 heteroatoms. The molecular formula is C13H18BrN3OS. The third kappa shape index (κ3) is 3.07. The average molecular weight is 344 g/mol. The van der Waals surface area contributed by atoms with E-state index in [1.807, 2.05) is 17.0 Å². The smallest absolute Gasteiger partial charge is 0.102 e. The largest absolute Gasteiger partial charge is 0.386 e. The van der Waals surface area contributed by atoms with Crippen LogP contribution in [0.5, 0.6) is 0 Å². The van der Waals surface area contributed by atoms with Crippen molar-refractivity contribution in [2.24, 2.45) is 0 Å². The van der Waals surface area contributed by atoms with Crippen LogP contribution in [0.15, 0.2) is 9.85 Å². The van der Waals surface area contributed by atoms with Gasteiger partial charge in [-0.15, -0.1) is 11.3 Å². The van der Waals surface area contributed by atoms with Crippen molar-refractivity contribution in [2.75, 3.05) is 0 Å². The Morgan fingerprint density at radius 3 is 2.74 bits per heavy atom. The second-order valence-electron chi connectivity index (χ2n) is 4.39. The van der Waals surface area contributed by atoms with Crippen molar-refractivity contribution in [3.8, 4) is 0 Å². The van der Waals surface area contributed by atoms with E-state index in [1.54, 1.807) is 11.3 Å². The van der Waals surface area contributed by atoms with Crippen LogP contribution in [0.25, 0.3) is 0 Å². The lowest BCUT2D eigenvalue weighted by atomic mass is 10.1. The number of halogens is 1. The fourth-order valence-corrected chi connectivity index (χ4v) is 3.42. The van der Waals surface area contributed by atoms with Gasteiger partial charge in [0, 0.05) is 18.3 Å². The predicted octanol–water partition coefficient (Wildman–Crippen LogP) is 3.27. The lowest BCUT2D eigenvalue weighted by Gasteiger charge is -2.10. The Hall–Kier alpha value is -0.720. The first-order valence-corrected chi connectivity index (χ1v) is 8.08. The molecule has 0 saturated heterocycles. The molecule has 0 saturated carbocycles. The van der Waals surface area contributed by atoms with Gasteiger partial charge in [-0.2, -0.15) is 5.10 Å². The highest BCUT2D eigenvalue weighted by Crippen LogP contribution is 2.27. The van der Waals surface area contributed by atoms with Gasteiger partial charge in [0.05, 0.1) is 26.6 Å². The number of thiazole rings is 1. The number of aromatic nitrogens is 3. The van der Waals surface area contributed by atoms with Crippen LogP contribution < -0.4 is 0 Å². The van der Waals surface area contributed by atoms with Crippen molar-refractivity contribution in [1.82, 2.24) is 14.8 Å². The van der Waals surface area contributed by atoms with Gasteiger partial charge >= 0.3 is 0 Å². The van der Waals surface area contributed by atoms with Crippen LogP contribution >= 0.6 is 27.3 Å². The molecule has 19 heavy (non-hydrogen) atoms. The molecule has 0 aliphatic rings. The van der Waals surface area contributed by atoms with E-state index in [9.17, 15) is 5.11 Å². The SMILES string of the molecule is CCc1nn(CC)c(CC(O)c2csc(C)n2)c1Br. The Balaban J connectivity index is 2.25. The van der Waals surface area contributed by atoms with Crippen LogP contribution in [0.2, 0.25) is 0 Å². The highest BCUT2D eigenvalue weighted by atomic mass is 79.9. The number of aliphatic hydroxyl groups is 1. The van der Waals surface area contributed by atoms with E-state index in [0.29, 0.717) is 6.42 Å². The minimum absolute atomic E-state index is 0.532. The Morgan fingerprint density at radius 2 is 2.21 bits per heavy atom. The van der Waals surface area contributed by atoms with Gasteiger partial charge in [0.15, 0.2) is 0 Å². The lowest BCUT2D eigenvalue weighted by molar-refractivity contribution is 0.171. The number of aryl methyl sites for hydroxylation is 3. The number of aliphatic hydroxyl groups excluding tert-OH is 1. The summed E-state index contributed by atoms with van der Waals surface area (Å²) in [6.07, 6.45) is 0.838. The first kappa shape index (κ1) is 14.7. The van der Waals surface area contributed by atoms with Crippen LogP contribution in [0, 0.1) is 6.92 Å². The Morgan fingerprint density at radius 1 is 1.47 bits per heavy atom. The third-order valence-corrected chi connectivity index (χ3v) is 4.77. The normalized spacial score (nSPS) is 12.9. The van der Waals surface area contributed by atoms with Crippen molar-refractivity contribution < 1.29 is 5.11 Å². The number of hydrogen-bond donors (Lipinski definition) is 1. The summed E-state index contributed by atoms with van der Waals surface area (Å²) in [5.74, 6) is 0. The lowest BCUT2D eigenvalue weighted by Crippen LogP contribution is -2.09. The monoisotopic (exact) mass is 343 g/mol. The molecule has 0 aliphatic heterocycles. The molecule has 0 aromatic carbocycles. The van der Waals surface area contributed by atoms with E-state index >= 15 is 0 Å². The zero-order valence-electron chi connectivity index (χ0n) is 11.4. The average Bonchev–Trinajstić information content (AvgIpc) is 2.95. The van der Waals surface area contributed by atoms with Gasteiger partial charge in [0.2, 0.25) is 0 Å². The van der Waals surface area contributed by atoms with Gasteiger partial charge < -0.3 is 5.11 Å². The van der Waals surface area contributed by atoms with E-state index in [-0.39, 0.29) is 0 Å². The minimum Gasteiger partial charge on any atom is -0.386 e. The van der Waals surface area contributed by atoms with Crippen LogP contribution in [-0.2, 0) is 19.4 Å². The molecule has 104 valence electrons. The quantitative estimate of drug-likeness (QED) is 0.906.